The van der Waals surface area contributed by atoms with Gasteiger partial charge in [0, 0.05) is 25.6 Å². The molecule has 36 heavy (non-hydrogen) atoms. The van der Waals surface area contributed by atoms with Gasteiger partial charge in [0.15, 0.2) is 0 Å². The van der Waals surface area contributed by atoms with Crippen molar-refractivity contribution in [1.29, 1.82) is 0 Å². The summed E-state index contributed by atoms with van der Waals surface area (Å²) >= 11 is 0. The summed E-state index contributed by atoms with van der Waals surface area (Å²) in [4.78, 5) is 28.0. The van der Waals surface area contributed by atoms with E-state index in [9.17, 15) is 14.7 Å². The molecule has 0 aromatic heterocycles. The second-order valence-corrected chi connectivity index (χ2v) is 11.6. The molecular weight excluding hydrogens is 448 g/mol. The quantitative estimate of drug-likeness (QED) is 0.584. The van der Waals surface area contributed by atoms with E-state index in [1.54, 1.807) is 4.90 Å². The molecular formula is C31H42N2O3. The molecule has 2 saturated carbocycles. The fourth-order valence-corrected chi connectivity index (χ4v) is 7.00. The maximum Gasteiger partial charge on any atom is 0.225 e. The van der Waals surface area contributed by atoms with Crippen LogP contribution in [0.1, 0.15) is 57.6 Å². The molecule has 0 heterocycles. The highest BCUT2D eigenvalue weighted by molar-refractivity contribution is 5.79. The maximum atomic E-state index is 13.4. The largest absolute Gasteiger partial charge is 0.392 e. The van der Waals surface area contributed by atoms with Crippen molar-refractivity contribution in [3.63, 3.8) is 0 Å². The molecule has 194 valence electrons. The van der Waals surface area contributed by atoms with Crippen molar-refractivity contribution >= 4 is 11.8 Å². The number of aliphatic hydroxyl groups is 1. The van der Waals surface area contributed by atoms with Gasteiger partial charge < -0.3 is 15.3 Å². The number of carbonyl (C=O) groups is 2. The highest BCUT2D eigenvalue weighted by Gasteiger charge is 2.54. The van der Waals surface area contributed by atoms with Crippen LogP contribution in [0.25, 0.3) is 0 Å². The first-order valence-corrected chi connectivity index (χ1v) is 13.5. The minimum absolute atomic E-state index is 0.0364. The third kappa shape index (κ3) is 5.67. The molecule has 0 radical (unpaired) electrons. The predicted octanol–water partition coefficient (Wildman–Crippen LogP) is 4.83. The molecule has 2 aromatic rings. The van der Waals surface area contributed by atoms with Crippen LogP contribution in [0.5, 0.6) is 0 Å². The molecule has 5 heteroatoms. The summed E-state index contributed by atoms with van der Waals surface area (Å²) in [6.07, 6.45) is 3.60. The maximum absolute atomic E-state index is 13.4. The second-order valence-electron chi connectivity index (χ2n) is 11.6. The summed E-state index contributed by atoms with van der Waals surface area (Å²) in [6.45, 7) is 7.02. The molecule has 2 fully saturated rings. The lowest BCUT2D eigenvalue weighted by atomic mass is 9.51. The van der Waals surface area contributed by atoms with Gasteiger partial charge >= 0.3 is 0 Å². The first-order valence-electron chi connectivity index (χ1n) is 13.5. The lowest BCUT2D eigenvalue weighted by molar-refractivity contribution is -0.150. The highest BCUT2D eigenvalue weighted by atomic mass is 16.3. The van der Waals surface area contributed by atoms with Crippen molar-refractivity contribution in [2.45, 2.75) is 71.6 Å². The standard InChI is InChI=1S/C31H42N2O3/c1-21(30(36)33(4)20-24-13-9-6-10-14-24)25-15-17-31(3)18-16-26(22(2)28(31)29(25)35)32-27(34)19-23-11-7-5-8-12-23/h5-14,21-22,25-26,28-29,35H,15-20H2,1-4H3,(H,32,34). The Morgan fingerprint density at radius 1 is 1.03 bits per heavy atom. The number of nitrogens with zero attached hydrogens (tertiary/aromatic N) is 1. The molecule has 0 aliphatic heterocycles. The van der Waals surface area contributed by atoms with Crippen LogP contribution < -0.4 is 5.32 Å². The Kier molecular flexibility index (Phi) is 8.19. The zero-order chi connectivity index (χ0) is 25.9. The van der Waals surface area contributed by atoms with Crippen LogP contribution in [0.4, 0.5) is 0 Å². The summed E-state index contributed by atoms with van der Waals surface area (Å²) in [5.74, 6) is -0.00174. The fraction of sp³-hybridized carbons (Fsp3) is 0.548. The fourth-order valence-electron chi connectivity index (χ4n) is 7.00. The van der Waals surface area contributed by atoms with Gasteiger partial charge in [0.2, 0.25) is 11.8 Å². The molecule has 7 atom stereocenters. The van der Waals surface area contributed by atoms with Gasteiger partial charge in [-0.1, -0.05) is 81.4 Å². The van der Waals surface area contributed by atoms with Crippen molar-refractivity contribution in [3.05, 3.63) is 71.8 Å². The van der Waals surface area contributed by atoms with Gasteiger partial charge in [0.1, 0.15) is 0 Å². The topological polar surface area (TPSA) is 69.6 Å². The molecule has 2 aliphatic carbocycles. The lowest BCUT2D eigenvalue weighted by Gasteiger charge is -2.56. The van der Waals surface area contributed by atoms with E-state index in [4.69, 9.17) is 0 Å². The number of fused-ring (bicyclic) bond motifs is 1. The van der Waals surface area contributed by atoms with E-state index in [-0.39, 0.29) is 46.9 Å². The summed E-state index contributed by atoms with van der Waals surface area (Å²) in [5.41, 5.74) is 2.15. The van der Waals surface area contributed by atoms with Crippen molar-refractivity contribution in [2.75, 3.05) is 7.05 Å². The van der Waals surface area contributed by atoms with E-state index in [1.165, 1.54) is 0 Å². The van der Waals surface area contributed by atoms with Gasteiger partial charge in [-0.2, -0.15) is 0 Å². The molecule has 0 bridgehead atoms. The van der Waals surface area contributed by atoms with E-state index in [2.05, 4.69) is 19.2 Å². The van der Waals surface area contributed by atoms with E-state index < -0.39 is 6.10 Å². The second kappa shape index (κ2) is 11.2. The number of carbonyl (C=O) groups excluding carboxylic acids is 2. The predicted molar refractivity (Wildman–Crippen MR) is 143 cm³/mol. The summed E-state index contributed by atoms with van der Waals surface area (Å²) < 4.78 is 0. The molecule has 0 spiro atoms. The molecule has 0 saturated heterocycles. The van der Waals surface area contributed by atoms with Gasteiger partial charge in [0.25, 0.3) is 0 Å². The molecule has 4 rings (SSSR count). The van der Waals surface area contributed by atoms with E-state index in [0.29, 0.717) is 13.0 Å². The number of amides is 2. The molecule has 2 amide bonds. The Labute approximate surface area is 216 Å². The van der Waals surface area contributed by atoms with E-state index in [0.717, 1.165) is 36.8 Å². The number of rotatable bonds is 7. The van der Waals surface area contributed by atoms with Crippen molar-refractivity contribution in [2.24, 2.45) is 29.1 Å². The van der Waals surface area contributed by atoms with E-state index in [1.807, 2.05) is 74.6 Å². The average molecular weight is 491 g/mol. The van der Waals surface area contributed by atoms with Crippen molar-refractivity contribution in [1.82, 2.24) is 10.2 Å². The SMILES string of the molecule is CC(C(=O)N(C)Cc1ccccc1)C1CCC2(C)CCC(NC(=O)Cc3ccccc3)C(C)C2C1O. The summed E-state index contributed by atoms with van der Waals surface area (Å²) in [7, 11) is 1.85. The molecule has 5 nitrogen and oxygen atoms in total. The van der Waals surface area contributed by atoms with Gasteiger partial charge in [-0.25, -0.2) is 0 Å². The van der Waals surface area contributed by atoms with Crippen LogP contribution in [0.3, 0.4) is 0 Å². The van der Waals surface area contributed by atoms with Crippen LogP contribution in [-0.4, -0.2) is 41.0 Å². The Hall–Kier alpha value is -2.66. The molecule has 7 unspecified atom stereocenters. The van der Waals surface area contributed by atoms with Crippen molar-refractivity contribution in [3.8, 4) is 0 Å². The Morgan fingerprint density at radius 2 is 1.61 bits per heavy atom. The van der Waals surface area contributed by atoms with Gasteiger partial charge in [-0.05, 0) is 60.0 Å². The van der Waals surface area contributed by atoms with Gasteiger partial charge in [0.05, 0.1) is 12.5 Å². The summed E-state index contributed by atoms with van der Waals surface area (Å²) in [6, 6.07) is 19.9. The van der Waals surface area contributed by atoms with Crippen LogP contribution in [0.2, 0.25) is 0 Å². The first-order chi connectivity index (χ1) is 17.2. The number of aliphatic hydroxyl groups excluding tert-OH is 1. The third-order valence-electron chi connectivity index (χ3n) is 9.11. The monoisotopic (exact) mass is 490 g/mol. The zero-order valence-electron chi connectivity index (χ0n) is 22.2. The highest BCUT2D eigenvalue weighted by Crippen LogP contribution is 2.55. The average Bonchev–Trinajstić information content (AvgIpc) is 2.86. The zero-order valence-corrected chi connectivity index (χ0v) is 22.2. The van der Waals surface area contributed by atoms with Crippen molar-refractivity contribution < 1.29 is 14.7 Å². The number of hydrogen-bond donors (Lipinski definition) is 2. The minimum atomic E-state index is -0.559. The normalized spacial score (nSPS) is 30.6. The molecule has 2 aliphatic rings. The van der Waals surface area contributed by atoms with Crippen LogP contribution in [0.15, 0.2) is 60.7 Å². The third-order valence-corrected chi connectivity index (χ3v) is 9.11. The number of nitrogens with one attached hydrogen (secondary N) is 1. The first kappa shape index (κ1) is 26.4. The minimum Gasteiger partial charge on any atom is -0.392 e. The lowest BCUT2D eigenvalue weighted by Crippen LogP contribution is -2.58. The van der Waals surface area contributed by atoms with Crippen LogP contribution in [-0.2, 0) is 22.6 Å². The number of hydrogen-bond acceptors (Lipinski definition) is 3. The molecule has 2 aromatic carbocycles. The smallest absolute Gasteiger partial charge is 0.225 e. The summed E-state index contributed by atoms with van der Waals surface area (Å²) in [5, 5.41) is 15.0. The van der Waals surface area contributed by atoms with Gasteiger partial charge in [-0.15, -0.1) is 0 Å². The van der Waals surface area contributed by atoms with E-state index >= 15 is 0 Å². The van der Waals surface area contributed by atoms with Gasteiger partial charge in [-0.3, -0.25) is 9.59 Å². The van der Waals surface area contributed by atoms with Crippen LogP contribution in [0, 0.1) is 29.1 Å². The Morgan fingerprint density at radius 3 is 2.25 bits per heavy atom. The Bertz CT molecular complexity index is 1030. The number of benzene rings is 2. The van der Waals surface area contributed by atoms with Crippen LogP contribution >= 0.6 is 0 Å². The molecule has 2 N–H and O–H groups in total. The Balaban J connectivity index is 1.42.